The number of carbonyl (C=O) groups excluding carboxylic acids is 3. The first kappa shape index (κ1) is 22.1. The molecule has 1 aliphatic heterocycles. The number of rotatable bonds is 9. The second-order valence-corrected chi connectivity index (χ2v) is 10.3. The van der Waals surface area contributed by atoms with E-state index >= 15 is 0 Å². The van der Waals surface area contributed by atoms with Gasteiger partial charge in [-0.15, -0.1) is 4.28 Å². The topological polar surface area (TPSA) is 133 Å². The molecule has 1 saturated heterocycles. The summed E-state index contributed by atoms with van der Waals surface area (Å²) in [6.45, 7) is 6.60. The van der Waals surface area contributed by atoms with E-state index in [2.05, 4.69) is 0 Å². The van der Waals surface area contributed by atoms with Gasteiger partial charge < -0.3 is 5.73 Å². The number of carbonyl (C=O) groups is 3. The molecule has 27 heavy (non-hydrogen) atoms. The van der Waals surface area contributed by atoms with Crippen LogP contribution in [0.15, 0.2) is 0 Å². The van der Waals surface area contributed by atoms with Crippen LogP contribution >= 0.6 is 11.8 Å². The maximum Gasteiger partial charge on any atom is 0.421 e. The predicted molar refractivity (Wildman–Crippen MR) is 98.1 cm³/mol. The van der Waals surface area contributed by atoms with Crippen LogP contribution in [0, 0.1) is 23.2 Å². The van der Waals surface area contributed by atoms with E-state index in [1.165, 1.54) is 6.92 Å². The fourth-order valence-electron chi connectivity index (χ4n) is 3.36. The first-order valence-corrected chi connectivity index (χ1v) is 11.0. The van der Waals surface area contributed by atoms with E-state index in [1.54, 1.807) is 6.92 Å². The van der Waals surface area contributed by atoms with E-state index in [9.17, 15) is 22.8 Å². The number of amides is 2. The molecule has 1 unspecified atom stereocenters. The summed E-state index contributed by atoms with van der Waals surface area (Å²) in [6, 6.07) is -0.489. The predicted octanol–water partition coefficient (Wildman–Crippen LogP) is 0.844. The molecule has 9 nitrogen and oxygen atoms in total. The van der Waals surface area contributed by atoms with Crippen LogP contribution in [0.3, 0.4) is 0 Å². The van der Waals surface area contributed by atoms with Crippen LogP contribution in [0.1, 0.15) is 40.5 Å². The second kappa shape index (κ2) is 8.06. The van der Waals surface area contributed by atoms with Gasteiger partial charge >= 0.3 is 10.4 Å². The Bertz CT molecular complexity index is 722. The van der Waals surface area contributed by atoms with Crippen molar-refractivity contribution in [3.8, 4) is 0 Å². The molecule has 1 saturated carbocycles. The molecule has 0 spiro atoms. The zero-order chi connectivity index (χ0) is 20.6. The standard InChI is InChI=1S/C16H26N2O7S2/c1-9-11-7-12(14(17)20)13(11)15(21)18(9)25-27(22,23)24-8-16(3,4)5-6-26-10(2)19/h9,11-13H,5-8H2,1-4H3,(H2,17,20)/t9-,11-,12+,13?/m0/s1. The van der Waals surface area contributed by atoms with Crippen LogP contribution in [0.2, 0.25) is 0 Å². The smallest absolute Gasteiger partial charge is 0.369 e. The SMILES string of the molecule is CC(=O)SCCC(C)(C)COS(=O)(=O)ON1C(=O)C2[C@@H](C[C@H]2C(N)=O)[C@@H]1C. The van der Waals surface area contributed by atoms with Crippen molar-refractivity contribution in [2.24, 2.45) is 28.9 Å². The van der Waals surface area contributed by atoms with Gasteiger partial charge in [0.15, 0.2) is 5.12 Å². The van der Waals surface area contributed by atoms with Crippen molar-refractivity contribution < 1.29 is 31.3 Å². The van der Waals surface area contributed by atoms with Gasteiger partial charge in [0.05, 0.1) is 24.5 Å². The van der Waals surface area contributed by atoms with E-state index in [4.69, 9.17) is 14.2 Å². The van der Waals surface area contributed by atoms with Crippen molar-refractivity contribution in [3.63, 3.8) is 0 Å². The molecule has 1 heterocycles. The quantitative estimate of drug-likeness (QED) is 0.578. The fraction of sp³-hybridized carbons (Fsp3) is 0.812. The number of primary amides is 1. The summed E-state index contributed by atoms with van der Waals surface area (Å²) in [5, 5.41) is 0.778. The molecule has 0 aromatic heterocycles. The third kappa shape index (κ3) is 5.21. The number of hydroxylamine groups is 2. The molecule has 2 fully saturated rings. The van der Waals surface area contributed by atoms with Crippen LogP contribution in [-0.4, -0.2) is 48.8 Å². The molecule has 0 bridgehead atoms. The van der Waals surface area contributed by atoms with Crippen molar-refractivity contribution in [1.82, 2.24) is 5.06 Å². The van der Waals surface area contributed by atoms with E-state index in [0.29, 0.717) is 18.6 Å². The van der Waals surface area contributed by atoms with Gasteiger partial charge in [-0.25, -0.2) is 4.18 Å². The fourth-order valence-corrected chi connectivity index (χ4v) is 5.21. The summed E-state index contributed by atoms with van der Waals surface area (Å²) in [7, 11) is -4.45. The van der Waals surface area contributed by atoms with E-state index in [1.807, 2.05) is 13.8 Å². The summed E-state index contributed by atoms with van der Waals surface area (Å²) in [4.78, 5) is 34.7. The average molecular weight is 423 g/mol. The Balaban J connectivity index is 1.91. The highest BCUT2D eigenvalue weighted by Crippen LogP contribution is 2.50. The van der Waals surface area contributed by atoms with E-state index in [0.717, 1.165) is 16.8 Å². The normalized spacial score (nSPS) is 28.0. The van der Waals surface area contributed by atoms with E-state index < -0.39 is 45.5 Å². The monoisotopic (exact) mass is 422 g/mol. The lowest BCUT2D eigenvalue weighted by Crippen LogP contribution is -2.46. The minimum Gasteiger partial charge on any atom is -0.369 e. The Labute approximate surface area is 163 Å². The van der Waals surface area contributed by atoms with Crippen molar-refractivity contribution in [3.05, 3.63) is 0 Å². The van der Waals surface area contributed by atoms with Gasteiger partial charge in [-0.1, -0.05) is 25.6 Å². The lowest BCUT2D eigenvalue weighted by Gasteiger charge is -2.36. The molecule has 2 aliphatic rings. The largest absolute Gasteiger partial charge is 0.421 e. The number of hydrogen-bond acceptors (Lipinski definition) is 8. The van der Waals surface area contributed by atoms with Crippen LogP contribution in [0.25, 0.3) is 0 Å². The number of nitrogens with zero attached hydrogens (tertiary/aromatic N) is 1. The van der Waals surface area contributed by atoms with Gasteiger partial charge in [0.25, 0.3) is 5.91 Å². The maximum atomic E-state index is 12.4. The Morgan fingerprint density at radius 2 is 2.00 bits per heavy atom. The van der Waals surface area contributed by atoms with Crippen molar-refractivity contribution >= 4 is 39.1 Å². The number of fused-ring (bicyclic) bond motifs is 1. The van der Waals surface area contributed by atoms with Gasteiger partial charge in [-0.2, -0.15) is 13.5 Å². The lowest BCUT2D eigenvalue weighted by molar-refractivity contribution is -0.160. The summed E-state index contributed by atoms with van der Waals surface area (Å²) >= 11 is 1.16. The molecule has 2 amide bonds. The summed E-state index contributed by atoms with van der Waals surface area (Å²) in [5.41, 5.74) is 4.77. The lowest BCUT2D eigenvalue weighted by atomic mass is 9.64. The van der Waals surface area contributed by atoms with E-state index in [-0.39, 0.29) is 17.6 Å². The van der Waals surface area contributed by atoms with Crippen molar-refractivity contribution in [2.75, 3.05) is 12.4 Å². The molecule has 4 atom stereocenters. The number of hydrogen-bond donors (Lipinski definition) is 1. The first-order chi connectivity index (χ1) is 12.3. The minimum atomic E-state index is -4.45. The summed E-state index contributed by atoms with van der Waals surface area (Å²) in [6.07, 6.45) is 1.00. The van der Waals surface area contributed by atoms with Gasteiger partial charge in [-0.3, -0.25) is 14.4 Å². The Morgan fingerprint density at radius 1 is 1.37 bits per heavy atom. The molecule has 0 aromatic carbocycles. The molecule has 2 N–H and O–H groups in total. The van der Waals surface area contributed by atoms with Crippen LogP contribution in [-0.2, 0) is 33.2 Å². The van der Waals surface area contributed by atoms with Crippen molar-refractivity contribution in [2.45, 2.75) is 46.6 Å². The van der Waals surface area contributed by atoms with Gasteiger partial charge in [0.2, 0.25) is 5.91 Å². The molecular weight excluding hydrogens is 396 g/mol. The molecular formula is C16H26N2O7S2. The van der Waals surface area contributed by atoms with Crippen LogP contribution in [0.5, 0.6) is 0 Å². The summed E-state index contributed by atoms with van der Waals surface area (Å²) in [5.74, 6) is -1.96. The highest BCUT2D eigenvalue weighted by molar-refractivity contribution is 8.13. The van der Waals surface area contributed by atoms with Crippen LogP contribution in [0.4, 0.5) is 0 Å². The molecule has 1 aliphatic carbocycles. The maximum absolute atomic E-state index is 12.4. The average Bonchev–Trinajstić information content (AvgIpc) is 2.64. The molecule has 0 radical (unpaired) electrons. The second-order valence-electron chi connectivity index (χ2n) is 7.84. The van der Waals surface area contributed by atoms with Gasteiger partial charge in [-0.05, 0) is 31.1 Å². The van der Waals surface area contributed by atoms with Crippen molar-refractivity contribution in [1.29, 1.82) is 0 Å². The zero-order valence-electron chi connectivity index (χ0n) is 15.8. The third-order valence-corrected chi connectivity index (χ3v) is 6.69. The minimum absolute atomic E-state index is 0.00639. The Morgan fingerprint density at radius 3 is 2.56 bits per heavy atom. The Hall–Kier alpha value is -1.17. The number of nitrogens with two attached hydrogens (primary N) is 1. The highest BCUT2D eigenvalue weighted by Gasteiger charge is 2.60. The molecule has 11 heteroatoms. The van der Waals surface area contributed by atoms with Crippen LogP contribution < -0.4 is 5.73 Å². The zero-order valence-corrected chi connectivity index (χ0v) is 17.5. The van der Waals surface area contributed by atoms with Gasteiger partial charge in [0, 0.05) is 12.7 Å². The Kier molecular flexibility index (Phi) is 6.60. The van der Waals surface area contributed by atoms with Gasteiger partial charge in [0.1, 0.15) is 0 Å². The first-order valence-electron chi connectivity index (χ1n) is 8.69. The summed E-state index contributed by atoms with van der Waals surface area (Å²) < 4.78 is 34.2. The number of thioether (sulfide) groups is 1. The third-order valence-electron chi connectivity index (χ3n) is 5.13. The molecule has 154 valence electrons. The highest BCUT2D eigenvalue weighted by atomic mass is 32.3. The molecule has 0 aromatic rings. The molecule has 2 rings (SSSR count).